The van der Waals surface area contributed by atoms with Crippen LogP contribution in [0.3, 0.4) is 0 Å². The Balaban J connectivity index is 1.88. The summed E-state index contributed by atoms with van der Waals surface area (Å²) in [7, 11) is 0. The lowest BCUT2D eigenvalue weighted by Crippen LogP contribution is -2.38. The van der Waals surface area contributed by atoms with Crippen molar-refractivity contribution in [2.45, 2.75) is 19.9 Å². The Kier molecular flexibility index (Phi) is 3.80. The summed E-state index contributed by atoms with van der Waals surface area (Å²) in [6.07, 6.45) is 1.73. The van der Waals surface area contributed by atoms with Crippen molar-refractivity contribution in [1.82, 2.24) is 0 Å². The number of nitrogens with zero attached hydrogens (tertiary/aromatic N) is 1. The first-order chi connectivity index (χ1) is 12.2. The van der Waals surface area contributed by atoms with Crippen LogP contribution < -0.4 is 4.90 Å². The molecular formula is C21H19NO3. The summed E-state index contributed by atoms with van der Waals surface area (Å²) in [5.41, 5.74) is 3.68. The Labute approximate surface area is 146 Å². The third-order valence-electron chi connectivity index (χ3n) is 4.45. The maximum Gasteiger partial charge on any atom is 0.415 e. The van der Waals surface area contributed by atoms with E-state index in [1.54, 1.807) is 4.90 Å². The minimum atomic E-state index is -0.368. The molecule has 0 saturated carbocycles. The number of fused-ring (bicyclic) bond motifs is 2. The third kappa shape index (κ3) is 2.60. The molecule has 2 aromatic carbocycles. The number of hydrogen-bond donors (Lipinski definition) is 0. The van der Waals surface area contributed by atoms with E-state index in [0.29, 0.717) is 6.61 Å². The molecule has 0 spiro atoms. The smallest absolute Gasteiger partial charge is 0.415 e. The topological polar surface area (TPSA) is 42.7 Å². The largest absolute Gasteiger partial charge is 0.458 e. The normalized spacial score (nSPS) is 16.5. The number of ether oxygens (including phenoxy) is 1. The summed E-state index contributed by atoms with van der Waals surface area (Å²) >= 11 is 0. The van der Waals surface area contributed by atoms with E-state index >= 15 is 0 Å². The number of carbonyl (C=O) groups is 1. The van der Waals surface area contributed by atoms with Crippen LogP contribution >= 0.6 is 0 Å². The minimum Gasteiger partial charge on any atom is -0.458 e. The van der Waals surface area contributed by atoms with Gasteiger partial charge in [0.25, 0.3) is 0 Å². The lowest BCUT2D eigenvalue weighted by molar-refractivity contribution is 0.157. The van der Waals surface area contributed by atoms with Crippen molar-refractivity contribution < 1.29 is 13.9 Å². The standard InChI is InChI=1S/C21H19NO3/c1-3-24-21(23)22-17-10-6-4-8-15(17)12-14(2)20(22)19-13-16-9-5-7-11-18(16)25-19/h4-13,20H,3H2,1-2H3. The Morgan fingerprint density at radius 1 is 1.16 bits per heavy atom. The van der Waals surface area contributed by atoms with Crippen LogP contribution in [-0.4, -0.2) is 12.7 Å². The van der Waals surface area contributed by atoms with E-state index in [9.17, 15) is 4.79 Å². The van der Waals surface area contributed by atoms with Crippen molar-refractivity contribution in [2.24, 2.45) is 0 Å². The van der Waals surface area contributed by atoms with Gasteiger partial charge >= 0.3 is 6.09 Å². The van der Waals surface area contributed by atoms with E-state index in [1.807, 2.05) is 68.4 Å². The van der Waals surface area contributed by atoms with Gasteiger partial charge < -0.3 is 9.15 Å². The predicted octanol–water partition coefficient (Wildman–Crippen LogP) is 5.55. The molecule has 0 bridgehead atoms. The van der Waals surface area contributed by atoms with Crippen molar-refractivity contribution in [2.75, 3.05) is 11.5 Å². The highest BCUT2D eigenvalue weighted by molar-refractivity contribution is 5.95. The van der Waals surface area contributed by atoms with Crippen LogP contribution in [0.4, 0.5) is 10.5 Å². The van der Waals surface area contributed by atoms with Crippen LogP contribution in [-0.2, 0) is 4.74 Å². The maximum atomic E-state index is 12.7. The maximum absolute atomic E-state index is 12.7. The Morgan fingerprint density at radius 2 is 1.92 bits per heavy atom. The lowest BCUT2D eigenvalue weighted by Gasteiger charge is -2.34. The Morgan fingerprint density at radius 3 is 2.72 bits per heavy atom. The van der Waals surface area contributed by atoms with Gasteiger partial charge in [-0.2, -0.15) is 0 Å². The first kappa shape index (κ1) is 15.5. The average Bonchev–Trinajstić information content (AvgIpc) is 3.04. The highest BCUT2D eigenvalue weighted by Gasteiger charge is 2.35. The van der Waals surface area contributed by atoms with Crippen molar-refractivity contribution in [3.63, 3.8) is 0 Å². The number of benzene rings is 2. The fourth-order valence-corrected chi connectivity index (χ4v) is 3.38. The molecule has 0 radical (unpaired) electrons. The van der Waals surface area contributed by atoms with Crippen molar-refractivity contribution in [3.8, 4) is 0 Å². The summed E-state index contributed by atoms with van der Waals surface area (Å²) in [5, 5.41) is 1.02. The van der Waals surface area contributed by atoms with E-state index in [4.69, 9.17) is 9.15 Å². The van der Waals surface area contributed by atoms with E-state index in [0.717, 1.165) is 33.6 Å². The van der Waals surface area contributed by atoms with E-state index in [-0.39, 0.29) is 12.1 Å². The number of amides is 1. The van der Waals surface area contributed by atoms with Crippen LogP contribution in [0.25, 0.3) is 17.0 Å². The molecule has 2 heterocycles. The molecule has 0 saturated heterocycles. The molecule has 1 atom stereocenters. The second kappa shape index (κ2) is 6.13. The molecule has 1 aliphatic heterocycles. The number of anilines is 1. The van der Waals surface area contributed by atoms with Gasteiger partial charge in [-0.05, 0) is 43.2 Å². The summed E-state index contributed by atoms with van der Waals surface area (Å²) in [6.45, 7) is 4.15. The Bertz CT molecular complexity index is 937. The van der Waals surface area contributed by atoms with Gasteiger partial charge in [0.05, 0.1) is 12.3 Å². The molecule has 25 heavy (non-hydrogen) atoms. The summed E-state index contributed by atoms with van der Waals surface area (Å²) in [4.78, 5) is 14.4. The number of furan rings is 1. The van der Waals surface area contributed by atoms with Crippen LogP contribution in [0.15, 0.2) is 64.6 Å². The van der Waals surface area contributed by atoms with Gasteiger partial charge in [-0.25, -0.2) is 4.79 Å². The van der Waals surface area contributed by atoms with Crippen LogP contribution in [0.2, 0.25) is 0 Å². The first-order valence-corrected chi connectivity index (χ1v) is 8.40. The van der Waals surface area contributed by atoms with Gasteiger partial charge in [-0.3, -0.25) is 4.90 Å². The molecule has 3 aromatic rings. The van der Waals surface area contributed by atoms with Gasteiger partial charge in [-0.15, -0.1) is 0 Å². The van der Waals surface area contributed by atoms with Crippen molar-refractivity contribution in [1.29, 1.82) is 0 Å². The number of rotatable bonds is 2. The van der Waals surface area contributed by atoms with Gasteiger partial charge in [0, 0.05) is 5.39 Å². The zero-order chi connectivity index (χ0) is 17.4. The number of hydrogen-bond acceptors (Lipinski definition) is 3. The number of para-hydroxylation sites is 2. The monoisotopic (exact) mass is 333 g/mol. The quantitative estimate of drug-likeness (QED) is 0.617. The highest BCUT2D eigenvalue weighted by Crippen LogP contribution is 2.42. The fraction of sp³-hybridized carbons (Fsp3) is 0.190. The third-order valence-corrected chi connectivity index (χ3v) is 4.45. The molecule has 0 N–H and O–H groups in total. The fourth-order valence-electron chi connectivity index (χ4n) is 3.38. The SMILES string of the molecule is CCOC(=O)N1c2ccccc2C=C(C)C1c1cc2ccccc2o1. The summed E-state index contributed by atoms with van der Waals surface area (Å²) < 4.78 is 11.4. The zero-order valence-electron chi connectivity index (χ0n) is 14.2. The average molecular weight is 333 g/mol. The zero-order valence-corrected chi connectivity index (χ0v) is 14.2. The predicted molar refractivity (Wildman–Crippen MR) is 98.5 cm³/mol. The van der Waals surface area contributed by atoms with E-state index < -0.39 is 0 Å². The molecule has 1 unspecified atom stereocenters. The molecule has 0 aliphatic carbocycles. The molecule has 1 aliphatic rings. The van der Waals surface area contributed by atoms with Gasteiger partial charge in [0.2, 0.25) is 0 Å². The van der Waals surface area contributed by atoms with E-state index in [2.05, 4.69) is 6.08 Å². The molecule has 1 amide bonds. The Hall–Kier alpha value is -3.01. The molecule has 4 heteroatoms. The van der Waals surface area contributed by atoms with Gasteiger partial charge in [0.15, 0.2) is 0 Å². The summed E-state index contributed by atoms with van der Waals surface area (Å²) in [6, 6.07) is 17.4. The molecular weight excluding hydrogens is 314 g/mol. The minimum absolute atomic E-state index is 0.318. The van der Waals surface area contributed by atoms with Crippen LogP contribution in [0.1, 0.15) is 31.2 Å². The molecule has 0 fully saturated rings. The van der Waals surface area contributed by atoms with Crippen LogP contribution in [0, 0.1) is 0 Å². The second-order valence-electron chi connectivity index (χ2n) is 6.11. The second-order valence-corrected chi connectivity index (χ2v) is 6.11. The lowest BCUT2D eigenvalue weighted by atomic mass is 9.95. The first-order valence-electron chi connectivity index (χ1n) is 8.40. The van der Waals surface area contributed by atoms with Crippen molar-refractivity contribution >= 4 is 28.8 Å². The number of carbonyl (C=O) groups excluding carboxylic acids is 1. The van der Waals surface area contributed by atoms with Crippen LogP contribution in [0.5, 0.6) is 0 Å². The molecule has 4 nitrogen and oxygen atoms in total. The van der Waals surface area contributed by atoms with E-state index in [1.165, 1.54) is 0 Å². The molecule has 4 rings (SSSR count). The van der Waals surface area contributed by atoms with Gasteiger partial charge in [-0.1, -0.05) is 42.5 Å². The van der Waals surface area contributed by atoms with Crippen molar-refractivity contribution in [3.05, 3.63) is 71.5 Å². The van der Waals surface area contributed by atoms with Gasteiger partial charge in [0.1, 0.15) is 17.4 Å². The summed E-state index contributed by atoms with van der Waals surface area (Å²) in [5.74, 6) is 0.734. The molecule has 126 valence electrons. The molecule has 1 aromatic heterocycles. The highest BCUT2D eigenvalue weighted by atomic mass is 16.6.